The number of halogens is 6. The summed E-state index contributed by atoms with van der Waals surface area (Å²) in [5, 5.41) is 0. The van der Waals surface area contributed by atoms with E-state index in [1.165, 1.54) is 24.3 Å². The van der Waals surface area contributed by atoms with Gasteiger partial charge in [0.15, 0.2) is 34.9 Å². The van der Waals surface area contributed by atoms with Crippen molar-refractivity contribution in [2.24, 2.45) is 5.92 Å². The van der Waals surface area contributed by atoms with Gasteiger partial charge in [-0.1, -0.05) is 69.2 Å². The first-order valence-corrected chi connectivity index (χ1v) is 13.9. The number of unbranched alkanes of at least 4 members (excludes halogenated alkanes) is 2. The van der Waals surface area contributed by atoms with Crippen LogP contribution >= 0.6 is 0 Å². The Morgan fingerprint density at radius 2 is 1.15 bits per heavy atom. The van der Waals surface area contributed by atoms with Gasteiger partial charge in [0.2, 0.25) is 0 Å². The van der Waals surface area contributed by atoms with Crippen LogP contribution in [-0.4, -0.2) is 0 Å². The van der Waals surface area contributed by atoms with Gasteiger partial charge in [-0.2, -0.15) is 0 Å². The fourth-order valence-electron chi connectivity index (χ4n) is 5.41. The lowest BCUT2D eigenvalue weighted by atomic mass is 9.83. The van der Waals surface area contributed by atoms with Crippen molar-refractivity contribution in [2.45, 2.75) is 78.1 Å². The average Bonchev–Trinajstić information content (AvgIpc) is 2.94. The highest BCUT2D eigenvalue weighted by Crippen LogP contribution is 2.36. The normalized spacial score (nSPS) is 15.5. The standard InChI is InChI=1S/C33H34F6/c1-3-5-6-7-23-15-17-25(31(37)29(23)35)22-11-8-20(9-12-22)10-13-24-16-19-27(33(39)30(24)36)26-18-14-21(4-2)28(34)32(26)38/h11,14-20H,3-10,12-13H2,1-2H3. The van der Waals surface area contributed by atoms with E-state index in [2.05, 4.69) is 6.92 Å². The molecule has 0 radical (unpaired) electrons. The van der Waals surface area contributed by atoms with E-state index in [0.717, 1.165) is 31.3 Å². The first kappa shape index (κ1) is 29.0. The van der Waals surface area contributed by atoms with Crippen molar-refractivity contribution < 1.29 is 26.3 Å². The Bertz CT molecular complexity index is 1360. The number of rotatable bonds is 10. The highest BCUT2D eigenvalue weighted by molar-refractivity contribution is 5.67. The molecule has 0 amide bonds. The van der Waals surface area contributed by atoms with Gasteiger partial charge >= 0.3 is 0 Å². The zero-order valence-corrected chi connectivity index (χ0v) is 22.5. The van der Waals surface area contributed by atoms with Gasteiger partial charge in [0.25, 0.3) is 0 Å². The summed E-state index contributed by atoms with van der Waals surface area (Å²) < 4.78 is 87.9. The molecule has 0 bridgehead atoms. The van der Waals surface area contributed by atoms with E-state index in [9.17, 15) is 26.3 Å². The molecule has 4 rings (SSSR count). The second-order valence-electron chi connectivity index (χ2n) is 10.4. The summed E-state index contributed by atoms with van der Waals surface area (Å²) >= 11 is 0. The Labute approximate surface area is 226 Å². The smallest absolute Gasteiger partial charge is 0.167 e. The summed E-state index contributed by atoms with van der Waals surface area (Å²) in [6.45, 7) is 3.74. The minimum absolute atomic E-state index is 0.170. The maximum absolute atomic E-state index is 14.9. The molecule has 1 unspecified atom stereocenters. The van der Waals surface area contributed by atoms with Crippen LogP contribution in [0.1, 0.15) is 81.0 Å². The Balaban J connectivity index is 1.41. The summed E-state index contributed by atoms with van der Waals surface area (Å²) in [4.78, 5) is 0. The van der Waals surface area contributed by atoms with Crippen molar-refractivity contribution in [1.82, 2.24) is 0 Å². The summed E-state index contributed by atoms with van der Waals surface area (Å²) in [7, 11) is 0. The van der Waals surface area contributed by atoms with Gasteiger partial charge in [-0.05, 0) is 79.5 Å². The van der Waals surface area contributed by atoms with Gasteiger partial charge in [-0.3, -0.25) is 0 Å². The maximum Gasteiger partial charge on any atom is 0.167 e. The molecular formula is C33H34F6. The first-order chi connectivity index (χ1) is 18.8. The fourth-order valence-corrected chi connectivity index (χ4v) is 5.41. The third-order valence-corrected chi connectivity index (χ3v) is 7.89. The predicted molar refractivity (Wildman–Crippen MR) is 144 cm³/mol. The molecule has 0 fully saturated rings. The quantitative estimate of drug-likeness (QED) is 0.176. The minimum Gasteiger partial charge on any atom is -0.203 e. The molecule has 1 aliphatic rings. The van der Waals surface area contributed by atoms with Crippen LogP contribution in [-0.2, 0) is 19.3 Å². The fraction of sp³-hybridized carbons (Fsp3) is 0.394. The molecule has 0 spiro atoms. The monoisotopic (exact) mass is 544 g/mol. The van der Waals surface area contributed by atoms with Gasteiger partial charge in [-0.25, -0.2) is 26.3 Å². The molecule has 1 atom stereocenters. The third-order valence-electron chi connectivity index (χ3n) is 7.89. The molecule has 0 aromatic heterocycles. The van der Waals surface area contributed by atoms with Crippen molar-refractivity contribution in [3.8, 4) is 11.1 Å². The van der Waals surface area contributed by atoms with Gasteiger partial charge in [0, 0.05) is 16.7 Å². The predicted octanol–water partition coefficient (Wildman–Crippen LogP) is 10.3. The molecule has 0 heterocycles. The van der Waals surface area contributed by atoms with E-state index >= 15 is 0 Å². The van der Waals surface area contributed by atoms with E-state index in [1.807, 2.05) is 6.08 Å². The number of hydrogen-bond donors (Lipinski definition) is 0. The van der Waals surface area contributed by atoms with E-state index in [0.29, 0.717) is 36.8 Å². The summed E-state index contributed by atoms with van der Waals surface area (Å²) in [5.41, 5.74) is 1.19. The Hall–Kier alpha value is -3.02. The molecule has 39 heavy (non-hydrogen) atoms. The molecule has 208 valence electrons. The Morgan fingerprint density at radius 1 is 0.615 bits per heavy atom. The van der Waals surface area contributed by atoms with Crippen LogP contribution in [0, 0.1) is 40.8 Å². The largest absolute Gasteiger partial charge is 0.203 e. The number of aryl methyl sites for hydroxylation is 3. The first-order valence-electron chi connectivity index (χ1n) is 13.9. The number of allylic oxidation sites excluding steroid dienone is 2. The molecule has 1 aliphatic carbocycles. The SMILES string of the molecule is CCCCCc1ccc(C2=CCC(CCc3ccc(-c4ccc(CC)c(F)c4F)c(F)c3F)CC2)c(F)c1F. The van der Waals surface area contributed by atoms with Crippen LogP contribution in [0.3, 0.4) is 0 Å². The van der Waals surface area contributed by atoms with E-state index in [-0.39, 0.29) is 41.0 Å². The van der Waals surface area contributed by atoms with Gasteiger partial charge in [0.05, 0.1) is 0 Å². The summed E-state index contributed by atoms with van der Waals surface area (Å²) in [6.07, 6.45) is 8.32. The Morgan fingerprint density at radius 3 is 1.72 bits per heavy atom. The second kappa shape index (κ2) is 12.9. The van der Waals surface area contributed by atoms with Crippen molar-refractivity contribution in [3.63, 3.8) is 0 Å². The van der Waals surface area contributed by atoms with E-state index < -0.39 is 34.9 Å². The zero-order chi connectivity index (χ0) is 28.1. The van der Waals surface area contributed by atoms with Crippen molar-refractivity contribution in [2.75, 3.05) is 0 Å². The van der Waals surface area contributed by atoms with E-state index in [1.54, 1.807) is 19.1 Å². The van der Waals surface area contributed by atoms with Gasteiger partial charge in [-0.15, -0.1) is 0 Å². The molecule has 3 aromatic rings. The molecular weight excluding hydrogens is 510 g/mol. The molecule has 0 N–H and O–H groups in total. The highest BCUT2D eigenvalue weighted by atomic mass is 19.2. The lowest BCUT2D eigenvalue weighted by molar-refractivity contribution is 0.438. The lowest BCUT2D eigenvalue weighted by Gasteiger charge is -2.23. The highest BCUT2D eigenvalue weighted by Gasteiger charge is 2.23. The molecule has 0 saturated heterocycles. The molecule has 3 aromatic carbocycles. The van der Waals surface area contributed by atoms with Crippen LogP contribution in [0.15, 0.2) is 42.5 Å². The zero-order valence-electron chi connectivity index (χ0n) is 22.5. The lowest BCUT2D eigenvalue weighted by Crippen LogP contribution is -2.09. The van der Waals surface area contributed by atoms with Gasteiger partial charge in [0.1, 0.15) is 0 Å². The molecule has 0 aliphatic heterocycles. The molecule has 6 heteroatoms. The average molecular weight is 545 g/mol. The third kappa shape index (κ3) is 6.26. The minimum atomic E-state index is -1.20. The van der Waals surface area contributed by atoms with Gasteiger partial charge < -0.3 is 0 Å². The van der Waals surface area contributed by atoms with Crippen molar-refractivity contribution >= 4 is 5.57 Å². The molecule has 0 saturated carbocycles. The number of hydrogen-bond acceptors (Lipinski definition) is 0. The molecule has 0 nitrogen and oxygen atoms in total. The summed E-state index contributed by atoms with van der Waals surface area (Å²) in [5.74, 6) is -5.87. The topological polar surface area (TPSA) is 0 Å². The summed E-state index contributed by atoms with van der Waals surface area (Å²) in [6, 6.07) is 8.70. The Kier molecular flexibility index (Phi) is 9.58. The van der Waals surface area contributed by atoms with Crippen molar-refractivity contribution in [1.29, 1.82) is 0 Å². The van der Waals surface area contributed by atoms with Crippen LogP contribution < -0.4 is 0 Å². The van der Waals surface area contributed by atoms with Crippen LogP contribution in [0.4, 0.5) is 26.3 Å². The van der Waals surface area contributed by atoms with E-state index in [4.69, 9.17) is 0 Å². The maximum atomic E-state index is 14.9. The van der Waals surface area contributed by atoms with Crippen LogP contribution in [0.5, 0.6) is 0 Å². The van der Waals surface area contributed by atoms with Crippen molar-refractivity contribution in [3.05, 3.63) is 99.6 Å². The number of benzene rings is 3. The van der Waals surface area contributed by atoms with Crippen LogP contribution in [0.2, 0.25) is 0 Å². The second-order valence-corrected chi connectivity index (χ2v) is 10.4. The van der Waals surface area contributed by atoms with Crippen LogP contribution in [0.25, 0.3) is 16.7 Å².